The fourth-order valence-electron chi connectivity index (χ4n) is 4.80. The lowest BCUT2D eigenvalue weighted by Crippen LogP contribution is -2.13. The molecule has 0 aliphatic carbocycles. The SMILES string of the molecule is CCCCCCCCCCCCCCCC(=O)OCc1cc(OC)c(C/C=C(\C)C/C=C/C(C)(C)O)c(O)c1C=O. The van der Waals surface area contributed by atoms with Gasteiger partial charge in [-0.1, -0.05) is 108 Å². The fraction of sp³-hybridized carbons (Fsp3) is 0.657. The summed E-state index contributed by atoms with van der Waals surface area (Å²) in [6.45, 7) is 7.55. The van der Waals surface area contributed by atoms with Crippen molar-refractivity contribution in [1.82, 2.24) is 0 Å². The standard InChI is InChI=1S/C35H56O6/c1-6-7-8-9-10-11-12-13-14-15-16-17-18-21-33(37)41-27-29-25-32(40-5)30(34(38)31(29)26-36)23-22-28(2)20-19-24-35(3,4)39/h19,22,24-26,38-39H,6-18,20-21,23,27H2,1-5H3/b24-19+,28-22+. The Morgan fingerprint density at radius 1 is 0.951 bits per heavy atom. The van der Waals surface area contributed by atoms with Gasteiger partial charge in [0.1, 0.15) is 18.1 Å². The lowest BCUT2D eigenvalue weighted by atomic mass is 9.98. The lowest BCUT2D eigenvalue weighted by Gasteiger charge is -2.15. The van der Waals surface area contributed by atoms with Crippen molar-refractivity contribution in [3.63, 3.8) is 0 Å². The third-order valence-electron chi connectivity index (χ3n) is 7.32. The van der Waals surface area contributed by atoms with Crippen LogP contribution in [0.3, 0.4) is 0 Å². The van der Waals surface area contributed by atoms with Gasteiger partial charge in [0.05, 0.1) is 18.3 Å². The quantitative estimate of drug-likeness (QED) is 0.0588. The minimum absolute atomic E-state index is 0.0911. The van der Waals surface area contributed by atoms with E-state index in [-0.39, 0.29) is 23.9 Å². The fourth-order valence-corrected chi connectivity index (χ4v) is 4.80. The number of hydrogen-bond donors (Lipinski definition) is 2. The van der Waals surface area contributed by atoms with Crippen LogP contribution in [-0.4, -0.2) is 35.2 Å². The molecule has 6 heteroatoms. The number of benzene rings is 1. The summed E-state index contributed by atoms with van der Waals surface area (Å²) in [4.78, 5) is 24.2. The summed E-state index contributed by atoms with van der Waals surface area (Å²) in [5, 5.41) is 20.7. The van der Waals surface area contributed by atoms with Crippen molar-refractivity contribution in [2.75, 3.05) is 7.11 Å². The highest BCUT2D eigenvalue weighted by molar-refractivity contribution is 5.83. The Labute approximate surface area is 249 Å². The summed E-state index contributed by atoms with van der Waals surface area (Å²) in [7, 11) is 1.51. The number of carbonyl (C=O) groups excluding carboxylic acids is 2. The van der Waals surface area contributed by atoms with Crippen LogP contribution < -0.4 is 4.74 Å². The van der Waals surface area contributed by atoms with E-state index in [1.807, 2.05) is 19.1 Å². The maximum absolute atomic E-state index is 12.3. The maximum Gasteiger partial charge on any atom is 0.306 e. The van der Waals surface area contributed by atoms with Gasteiger partial charge in [-0.15, -0.1) is 0 Å². The summed E-state index contributed by atoms with van der Waals surface area (Å²) < 4.78 is 10.9. The van der Waals surface area contributed by atoms with Gasteiger partial charge in [0.15, 0.2) is 6.29 Å². The summed E-state index contributed by atoms with van der Waals surface area (Å²) in [6.07, 6.45) is 23.8. The number of hydrogen-bond acceptors (Lipinski definition) is 6. The second-order valence-electron chi connectivity index (χ2n) is 11.8. The molecule has 1 aromatic rings. The zero-order valence-corrected chi connectivity index (χ0v) is 26.4. The Kier molecular flexibility index (Phi) is 18.8. The Morgan fingerprint density at radius 2 is 1.51 bits per heavy atom. The molecular formula is C35H56O6. The second-order valence-corrected chi connectivity index (χ2v) is 11.8. The Balaban J connectivity index is 2.47. The summed E-state index contributed by atoms with van der Waals surface area (Å²) >= 11 is 0. The van der Waals surface area contributed by atoms with Crippen molar-refractivity contribution < 1.29 is 29.3 Å². The van der Waals surface area contributed by atoms with Crippen molar-refractivity contribution in [2.45, 2.75) is 143 Å². The number of aliphatic hydroxyl groups is 1. The Bertz CT molecular complexity index is 954. The largest absolute Gasteiger partial charge is 0.507 e. The molecular weight excluding hydrogens is 516 g/mol. The van der Waals surface area contributed by atoms with Crippen LogP contribution in [0.25, 0.3) is 0 Å². The van der Waals surface area contributed by atoms with E-state index in [1.165, 1.54) is 71.3 Å². The molecule has 232 valence electrons. The summed E-state index contributed by atoms with van der Waals surface area (Å²) in [6, 6.07) is 1.66. The molecule has 0 amide bonds. The van der Waals surface area contributed by atoms with E-state index in [0.717, 1.165) is 24.8 Å². The van der Waals surface area contributed by atoms with Gasteiger partial charge in [-0.2, -0.15) is 0 Å². The number of rotatable bonds is 23. The molecule has 0 radical (unpaired) electrons. The van der Waals surface area contributed by atoms with Crippen molar-refractivity contribution in [3.05, 3.63) is 46.6 Å². The number of unbranched alkanes of at least 4 members (excludes halogenated alkanes) is 12. The average Bonchev–Trinajstić information content (AvgIpc) is 2.92. The molecule has 0 saturated heterocycles. The molecule has 41 heavy (non-hydrogen) atoms. The molecule has 0 saturated carbocycles. The smallest absolute Gasteiger partial charge is 0.306 e. The minimum atomic E-state index is -0.869. The number of aldehydes is 1. The van der Waals surface area contributed by atoms with Crippen LogP contribution in [0.4, 0.5) is 0 Å². The maximum atomic E-state index is 12.3. The normalized spacial score (nSPS) is 12.2. The molecule has 6 nitrogen and oxygen atoms in total. The van der Waals surface area contributed by atoms with Crippen molar-refractivity contribution in [1.29, 1.82) is 0 Å². The van der Waals surface area contributed by atoms with Crippen LogP contribution in [0.1, 0.15) is 145 Å². The molecule has 0 spiro atoms. The first-order valence-corrected chi connectivity index (χ1v) is 15.7. The van der Waals surface area contributed by atoms with Crippen LogP contribution >= 0.6 is 0 Å². The number of esters is 1. The van der Waals surface area contributed by atoms with E-state index in [1.54, 1.807) is 26.0 Å². The molecule has 0 aliphatic heterocycles. The first-order chi connectivity index (χ1) is 19.6. The molecule has 0 fully saturated rings. The van der Waals surface area contributed by atoms with E-state index < -0.39 is 5.60 Å². The molecule has 2 N–H and O–H groups in total. The van der Waals surface area contributed by atoms with E-state index in [9.17, 15) is 19.8 Å². The van der Waals surface area contributed by atoms with Crippen LogP contribution in [0.2, 0.25) is 0 Å². The number of phenols is 1. The number of aromatic hydroxyl groups is 1. The minimum Gasteiger partial charge on any atom is -0.507 e. The third-order valence-corrected chi connectivity index (χ3v) is 7.32. The average molecular weight is 573 g/mol. The molecule has 0 aromatic heterocycles. The lowest BCUT2D eigenvalue weighted by molar-refractivity contribution is -0.145. The second kappa shape index (κ2) is 21.2. The monoisotopic (exact) mass is 572 g/mol. The summed E-state index contributed by atoms with van der Waals surface area (Å²) in [5.74, 6) is -0.0187. The molecule has 0 atom stereocenters. The number of carbonyl (C=O) groups is 2. The predicted molar refractivity (Wildman–Crippen MR) is 168 cm³/mol. The highest BCUT2D eigenvalue weighted by Gasteiger charge is 2.18. The zero-order chi connectivity index (χ0) is 30.5. The van der Waals surface area contributed by atoms with Crippen LogP contribution in [0.5, 0.6) is 11.5 Å². The van der Waals surface area contributed by atoms with Crippen LogP contribution in [0, 0.1) is 0 Å². The van der Waals surface area contributed by atoms with Gasteiger partial charge in [-0.3, -0.25) is 9.59 Å². The molecule has 1 rings (SSSR count). The topological polar surface area (TPSA) is 93.1 Å². The predicted octanol–water partition coefficient (Wildman–Crippen LogP) is 8.94. The van der Waals surface area contributed by atoms with Crippen LogP contribution in [-0.2, 0) is 22.6 Å². The number of allylic oxidation sites excluding steroid dienone is 3. The van der Waals surface area contributed by atoms with E-state index >= 15 is 0 Å². The zero-order valence-electron chi connectivity index (χ0n) is 26.4. The van der Waals surface area contributed by atoms with Crippen molar-refractivity contribution in [2.24, 2.45) is 0 Å². The Hall–Kier alpha value is -2.60. The van der Waals surface area contributed by atoms with Crippen molar-refractivity contribution >= 4 is 12.3 Å². The number of methoxy groups -OCH3 is 1. The molecule has 1 aromatic carbocycles. The van der Waals surface area contributed by atoms with Gasteiger partial charge in [-0.05, 0) is 46.1 Å². The van der Waals surface area contributed by atoms with Crippen molar-refractivity contribution in [3.8, 4) is 11.5 Å². The molecule has 0 unspecified atom stereocenters. The molecule has 0 heterocycles. The number of phenolic OH excluding ortho intramolecular Hbond substituents is 1. The summed E-state index contributed by atoms with van der Waals surface area (Å²) in [5.41, 5.74) is 1.22. The van der Waals surface area contributed by atoms with E-state index in [0.29, 0.717) is 42.4 Å². The first kappa shape index (κ1) is 36.4. The number of ether oxygens (including phenoxy) is 2. The molecule has 0 bridgehead atoms. The van der Waals surface area contributed by atoms with Gasteiger partial charge in [-0.25, -0.2) is 0 Å². The van der Waals surface area contributed by atoms with Gasteiger partial charge < -0.3 is 19.7 Å². The van der Waals surface area contributed by atoms with E-state index in [2.05, 4.69) is 6.92 Å². The first-order valence-electron chi connectivity index (χ1n) is 15.7. The highest BCUT2D eigenvalue weighted by atomic mass is 16.5. The Morgan fingerprint density at radius 3 is 2.02 bits per heavy atom. The van der Waals surface area contributed by atoms with Crippen LogP contribution in [0.15, 0.2) is 29.9 Å². The molecule has 0 aliphatic rings. The van der Waals surface area contributed by atoms with Gasteiger partial charge >= 0.3 is 5.97 Å². The van der Waals surface area contributed by atoms with E-state index in [4.69, 9.17) is 9.47 Å². The van der Waals surface area contributed by atoms with Gasteiger partial charge in [0, 0.05) is 17.5 Å². The third kappa shape index (κ3) is 16.4. The highest BCUT2D eigenvalue weighted by Crippen LogP contribution is 2.35. The van der Waals surface area contributed by atoms with Gasteiger partial charge in [0.25, 0.3) is 0 Å². The van der Waals surface area contributed by atoms with Gasteiger partial charge in [0.2, 0.25) is 0 Å².